The molecule has 16 heteroatoms. The number of benzene rings is 1. The van der Waals surface area contributed by atoms with E-state index in [2.05, 4.69) is 16.4 Å². The van der Waals surface area contributed by atoms with Crippen molar-refractivity contribution in [1.82, 2.24) is 15.1 Å². The first kappa shape index (κ1) is 44.3. The molecule has 55 heavy (non-hydrogen) atoms. The second-order valence-corrected chi connectivity index (χ2v) is 16.6. The van der Waals surface area contributed by atoms with Crippen molar-refractivity contribution in [3.8, 4) is 5.75 Å². The quantitative estimate of drug-likeness (QED) is 0.0707. The van der Waals surface area contributed by atoms with Crippen molar-refractivity contribution in [2.24, 2.45) is 11.8 Å². The number of nitrogens with zero attached hydrogens (tertiary/aromatic N) is 2. The lowest BCUT2D eigenvalue weighted by Crippen LogP contribution is -2.65. The molecule has 4 aliphatic rings. The van der Waals surface area contributed by atoms with E-state index in [-0.39, 0.29) is 30.8 Å². The number of phenolic OH excluding ortho intramolecular Hbond substituents is 1. The summed E-state index contributed by atoms with van der Waals surface area (Å²) in [6.45, 7) is 5.43. The van der Waals surface area contributed by atoms with Crippen LogP contribution in [0.5, 0.6) is 5.75 Å². The molecular formula is C39H59N3O12S. The minimum Gasteiger partial charge on any atom is -0.510 e. The van der Waals surface area contributed by atoms with Crippen molar-refractivity contribution >= 4 is 27.9 Å². The summed E-state index contributed by atoms with van der Waals surface area (Å²) in [6.07, 6.45) is 13.6. The molecule has 0 saturated carbocycles. The normalized spacial score (nSPS) is 26.7. The molecule has 0 spiro atoms. The Kier molecular flexibility index (Phi) is 15.1. The molecule has 3 aliphatic carbocycles. The van der Waals surface area contributed by atoms with E-state index in [1.165, 1.54) is 75.0 Å². The SMILES string of the molecule is CCCCCCCCCCCCOS(=O)(=O)O.CN(C)[C@@H]1C(O)=C(C(=O)NCN2CCCC2)C(=O)[C@@]2(O)C(O)=C3C(=O)c4c(O)cccc4[C@@](C)(O)C3C[C@@H]12. The molecule has 0 radical (unpaired) electrons. The Labute approximate surface area is 324 Å². The number of amides is 1. The van der Waals surface area contributed by atoms with Gasteiger partial charge in [-0.15, -0.1) is 0 Å². The molecule has 1 heterocycles. The molecule has 1 saturated heterocycles. The fourth-order valence-corrected chi connectivity index (χ4v) is 8.78. The third-order valence-electron chi connectivity index (χ3n) is 11.4. The highest BCUT2D eigenvalue weighted by molar-refractivity contribution is 7.80. The molecule has 1 aliphatic heterocycles. The van der Waals surface area contributed by atoms with Gasteiger partial charge in [0.25, 0.3) is 5.91 Å². The Morgan fingerprint density at radius 3 is 2.11 bits per heavy atom. The van der Waals surface area contributed by atoms with E-state index in [9.17, 15) is 48.3 Å². The predicted octanol–water partition coefficient (Wildman–Crippen LogP) is 4.20. The molecule has 1 unspecified atom stereocenters. The van der Waals surface area contributed by atoms with Gasteiger partial charge in [-0.3, -0.25) is 28.7 Å². The Hall–Kier alpha value is -3.38. The van der Waals surface area contributed by atoms with Gasteiger partial charge in [-0.25, -0.2) is 4.18 Å². The number of hydrogen-bond acceptors (Lipinski definition) is 13. The maximum Gasteiger partial charge on any atom is 0.397 e. The number of rotatable bonds is 16. The second-order valence-electron chi connectivity index (χ2n) is 15.5. The second kappa shape index (κ2) is 18.7. The topological polar surface area (TPSA) is 234 Å². The van der Waals surface area contributed by atoms with Crippen LogP contribution in [0.4, 0.5) is 0 Å². The zero-order valence-corrected chi connectivity index (χ0v) is 33.2. The number of ketones is 2. The minimum atomic E-state index is -4.23. The van der Waals surface area contributed by atoms with Gasteiger partial charge in [-0.05, 0) is 71.4 Å². The summed E-state index contributed by atoms with van der Waals surface area (Å²) >= 11 is 0. The first-order chi connectivity index (χ1) is 25.9. The fraction of sp³-hybridized carbons (Fsp3) is 0.667. The fourth-order valence-electron chi connectivity index (χ4n) is 8.46. The molecule has 0 bridgehead atoms. The third-order valence-corrected chi connectivity index (χ3v) is 11.9. The molecule has 1 fully saturated rings. The number of aliphatic hydroxyl groups is 4. The average Bonchev–Trinajstić information content (AvgIpc) is 3.64. The number of aromatic hydroxyl groups is 1. The van der Waals surface area contributed by atoms with Gasteiger partial charge in [0.1, 0.15) is 22.8 Å². The Morgan fingerprint density at radius 2 is 1.55 bits per heavy atom. The number of carbonyl (C=O) groups excluding carboxylic acids is 3. The van der Waals surface area contributed by atoms with E-state index in [0.29, 0.717) is 6.42 Å². The van der Waals surface area contributed by atoms with E-state index >= 15 is 0 Å². The van der Waals surface area contributed by atoms with Crippen LogP contribution in [0, 0.1) is 11.8 Å². The van der Waals surface area contributed by atoms with E-state index in [4.69, 9.17) is 4.55 Å². The van der Waals surface area contributed by atoms with Gasteiger partial charge in [0.15, 0.2) is 11.4 Å². The van der Waals surface area contributed by atoms with Crippen LogP contribution in [0.25, 0.3) is 0 Å². The number of phenols is 1. The van der Waals surface area contributed by atoms with Gasteiger partial charge >= 0.3 is 10.4 Å². The molecule has 5 rings (SSSR count). The van der Waals surface area contributed by atoms with Crippen molar-refractivity contribution in [3.05, 3.63) is 52.0 Å². The summed E-state index contributed by atoms with van der Waals surface area (Å²) < 4.78 is 33.0. The van der Waals surface area contributed by atoms with Crippen LogP contribution in [-0.2, 0) is 29.8 Å². The molecule has 15 nitrogen and oxygen atoms in total. The number of aliphatic hydroxyl groups excluding tert-OH is 2. The van der Waals surface area contributed by atoms with Crippen LogP contribution in [0.3, 0.4) is 0 Å². The monoisotopic (exact) mass is 793 g/mol. The standard InChI is InChI=1S/C27H33N3O8.C12H26O4S/c1-26(37)13-7-6-8-16(31)17(13)21(32)18-14(26)11-15-20(29(2)3)22(33)19(24(35)27(15,38)23(18)34)25(36)28-12-30-9-4-5-10-30;1-2-3-4-5-6-7-8-9-10-11-12-16-17(13,14)15/h6-8,14-15,20,31,33-34,37-38H,4-5,9-12H2,1-3H3,(H,28,36);2-12H2,1H3,(H,13,14,15)/t14?,15-,20-,26+,27-;/m0./s1. The highest BCUT2D eigenvalue weighted by atomic mass is 32.3. The number of unbranched alkanes of at least 4 members (excludes halogenated alkanes) is 9. The highest BCUT2D eigenvalue weighted by Crippen LogP contribution is 2.56. The number of hydrogen-bond donors (Lipinski definition) is 7. The molecule has 308 valence electrons. The Bertz CT molecular complexity index is 1730. The van der Waals surface area contributed by atoms with Crippen LogP contribution >= 0.6 is 0 Å². The molecule has 5 atom stereocenters. The maximum atomic E-state index is 13.8. The number of likely N-dealkylation sites (tertiary alicyclic amines) is 1. The number of carbonyl (C=O) groups is 3. The van der Waals surface area contributed by atoms with Crippen molar-refractivity contribution in [2.45, 2.75) is 115 Å². The van der Waals surface area contributed by atoms with Crippen LogP contribution < -0.4 is 5.32 Å². The van der Waals surface area contributed by atoms with Gasteiger partial charge in [-0.1, -0.05) is 76.8 Å². The number of fused-ring (bicyclic) bond motifs is 3. The number of Topliss-reactive ketones (excluding diaryl/α,β-unsaturated/α-hetero) is 2. The molecule has 0 aromatic heterocycles. The molecule has 1 aromatic carbocycles. The van der Waals surface area contributed by atoms with Gasteiger partial charge in [0, 0.05) is 17.4 Å². The summed E-state index contributed by atoms with van der Waals surface area (Å²) in [4.78, 5) is 44.0. The Balaban J connectivity index is 0.000000335. The van der Waals surface area contributed by atoms with Gasteiger partial charge in [0.05, 0.1) is 30.5 Å². The summed E-state index contributed by atoms with van der Waals surface area (Å²) in [5.41, 5.74) is -5.65. The lowest BCUT2D eigenvalue weighted by Gasteiger charge is -2.52. The zero-order valence-electron chi connectivity index (χ0n) is 32.4. The van der Waals surface area contributed by atoms with Crippen molar-refractivity contribution in [2.75, 3.05) is 40.5 Å². The summed E-state index contributed by atoms with van der Waals surface area (Å²) in [5.74, 6) is -7.17. The van der Waals surface area contributed by atoms with Gasteiger partial charge in [0.2, 0.25) is 5.78 Å². The zero-order chi connectivity index (χ0) is 40.7. The smallest absolute Gasteiger partial charge is 0.397 e. The lowest BCUT2D eigenvalue weighted by atomic mass is 9.55. The maximum absolute atomic E-state index is 13.8. The molecule has 1 amide bonds. The Morgan fingerprint density at radius 1 is 0.964 bits per heavy atom. The molecular weight excluding hydrogens is 735 g/mol. The summed E-state index contributed by atoms with van der Waals surface area (Å²) in [7, 11) is -1.06. The summed E-state index contributed by atoms with van der Waals surface area (Å²) in [5, 5.41) is 59.2. The first-order valence-electron chi connectivity index (χ1n) is 19.4. The van der Waals surface area contributed by atoms with Crippen LogP contribution in [0.1, 0.15) is 113 Å². The van der Waals surface area contributed by atoms with E-state index in [1.807, 2.05) is 4.90 Å². The number of nitrogens with one attached hydrogen (secondary N) is 1. The van der Waals surface area contributed by atoms with Gasteiger partial charge < -0.3 is 30.8 Å². The van der Waals surface area contributed by atoms with Crippen LogP contribution in [0.15, 0.2) is 40.9 Å². The average molecular weight is 794 g/mol. The molecule has 7 N–H and O–H groups in total. The highest BCUT2D eigenvalue weighted by Gasteiger charge is 2.65. The third kappa shape index (κ3) is 9.78. The lowest BCUT2D eigenvalue weighted by molar-refractivity contribution is -0.152. The van der Waals surface area contributed by atoms with E-state index in [1.54, 1.807) is 14.1 Å². The van der Waals surface area contributed by atoms with E-state index in [0.717, 1.165) is 38.8 Å². The first-order valence-corrected chi connectivity index (χ1v) is 20.8. The minimum absolute atomic E-state index is 0.0926. The van der Waals surface area contributed by atoms with Crippen LogP contribution in [-0.4, -0.2) is 118 Å². The van der Waals surface area contributed by atoms with E-state index < -0.39 is 85.4 Å². The largest absolute Gasteiger partial charge is 0.510 e. The van der Waals surface area contributed by atoms with Crippen LogP contribution in [0.2, 0.25) is 0 Å². The summed E-state index contributed by atoms with van der Waals surface area (Å²) in [6, 6.07) is 3.16. The molecule has 1 aromatic rings. The van der Waals surface area contributed by atoms with Crippen molar-refractivity contribution < 1.29 is 57.1 Å². The van der Waals surface area contributed by atoms with Gasteiger partial charge in [-0.2, -0.15) is 8.42 Å². The van der Waals surface area contributed by atoms with Crippen molar-refractivity contribution in [3.63, 3.8) is 0 Å². The predicted molar refractivity (Wildman–Crippen MR) is 204 cm³/mol. The van der Waals surface area contributed by atoms with Crippen molar-refractivity contribution in [1.29, 1.82) is 0 Å². The number of likely N-dealkylation sites (N-methyl/N-ethyl adjacent to an activating group) is 1.